The molecule has 0 spiro atoms. The quantitative estimate of drug-likeness (QED) is 0.942. The van der Waals surface area contributed by atoms with Crippen LogP contribution in [0.3, 0.4) is 0 Å². The van der Waals surface area contributed by atoms with E-state index in [0.717, 1.165) is 35.5 Å². The lowest BCUT2D eigenvalue weighted by Crippen LogP contribution is -2.22. The Morgan fingerprint density at radius 2 is 1.95 bits per heavy atom. The summed E-state index contributed by atoms with van der Waals surface area (Å²) >= 11 is 6.16. The SMILES string of the molecule is NCCCN1c2cc(Cl)ccc2CC(=O)c2ccccc21. The predicted octanol–water partition coefficient (Wildman–Crippen LogP) is 3.57. The number of nitrogens with zero attached hydrogens (tertiary/aromatic N) is 1. The number of ketones is 1. The zero-order valence-corrected chi connectivity index (χ0v) is 12.4. The van der Waals surface area contributed by atoms with Crippen molar-refractivity contribution in [2.75, 3.05) is 18.0 Å². The lowest BCUT2D eigenvalue weighted by atomic mass is 10.0. The second-order valence-corrected chi connectivity index (χ2v) is 5.62. The molecule has 0 unspecified atom stereocenters. The Bertz CT molecular complexity index is 684. The average molecular weight is 301 g/mol. The van der Waals surface area contributed by atoms with E-state index in [4.69, 9.17) is 17.3 Å². The van der Waals surface area contributed by atoms with Gasteiger partial charge in [0.15, 0.2) is 5.78 Å². The molecular weight excluding hydrogens is 284 g/mol. The number of hydrogen-bond acceptors (Lipinski definition) is 3. The molecule has 0 aliphatic carbocycles. The Hall–Kier alpha value is -1.84. The summed E-state index contributed by atoms with van der Waals surface area (Å²) in [7, 11) is 0. The molecule has 1 aliphatic rings. The van der Waals surface area contributed by atoms with Crippen molar-refractivity contribution in [3.05, 3.63) is 58.6 Å². The van der Waals surface area contributed by atoms with Gasteiger partial charge in [0.1, 0.15) is 0 Å². The number of benzene rings is 2. The Labute approximate surface area is 129 Å². The fourth-order valence-corrected chi connectivity index (χ4v) is 2.94. The molecule has 1 aliphatic heterocycles. The third-order valence-corrected chi connectivity index (χ3v) is 4.01. The highest BCUT2D eigenvalue weighted by molar-refractivity contribution is 6.31. The van der Waals surface area contributed by atoms with Crippen molar-refractivity contribution in [1.82, 2.24) is 0 Å². The Kier molecular flexibility index (Phi) is 3.95. The highest BCUT2D eigenvalue weighted by Crippen LogP contribution is 2.37. The Morgan fingerprint density at radius 1 is 1.14 bits per heavy atom. The molecule has 0 amide bonds. The number of fused-ring (bicyclic) bond motifs is 2. The van der Waals surface area contributed by atoms with Gasteiger partial charge in [-0.2, -0.15) is 0 Å². The van der Waals surface area contributed by atoms with E-state index in [1.165, 1.54) is 0 Å². The third-order valence-electron chi connectivity index (χ3n) is 3.77. The summed E-state index contributed by atoms with van der Waals surface area (Å²) in [4.78, 5) is 14.6. The van der Waals surface area contributed by atoms with Crippen molar-refractivity contribution in [3.8, 4) is 0 Å². The smallest absolute Gasteiger partial charge is 0.169 e. The van der Waals surface area contributed by atoms with Gasteiger partial charge >= 0.3 is 0 Å². The standard InChI is InChI=1S/C17H17ClN2O/c18-13-7-6-12-10-17(21)14-4-1-2-5-15(14)20(9-3-8-19)16(12)11-13/h1-2,4-7,11H,3,8-10,19H2. The first-order valence-corrected chi connectivity index (χ1v) is 7.47. The van der Waals surface area contributed by atoms with Crippen molar-refractivity contribution in [2.24, 2.45) is 5.73 Å². The van der Waals surface area contributed by atoms with Crippen LogP contribution in [0.1, 0.15) is 22.3 Å². The first-order valence-electron chi connectivity index (χ1n) is 7.09. The number of anilines is 2. The second-order valence-electron chi connectivity index (χ2n) is 5.18. The van der Waals surface area contributed by atoms with E-state index in [2.05, 4.69) is 4.90 Å². The van der Waals surface area contributed by atoms with Crippen LogP contribution in [0.5, 0.6) is 0 Å². The fourth-order valence-electron chi connectivity index (χ4n) is 2.77. The minimum absolute atomic E-state index is 0.143. The average Bonchev–Trinajstić information content (AvgIpc) is 2.61. The normalized spacial score (nSPS) is 13.6. The molecule has 0 bridgehead atoms. The molecule has 1 heterocycles. The molecule has 0 fully saturated rings. The van der Waals surface area contributed by atoms with Gasteiger partial charge in [-0.1, -0.05) is 29.8 Å². The number of para-hydroxylation sites is 1. The largest absolute Gasteiger partial charge is 0.341 e. The summed E-state index contributed by atoms with van der Waals surface area (Å²) in [5, 5.41) is 0.679. The molecule has 0 aromatic heterocycles. The topological polar surface area (TPSA) is 46.3 Å². The lowest BCUT2D eigenvalue weighted by molar-refractivity contribution is 0.0994. The number of carbonyl (C=O) groups is 1. The van der Waals surface area contributed by atoms with Crippen molar-refractivity contribution >= 4 is 28.8 Å². The van der Waals surface area contributed by atoms with Gasteiger partial charge in [0.25, 0.3) is 0 Å². The highest BCUT2D eigenvalue weighted by atomic mass is 35.5. The van der Waals surface area contributed by atoms with Crippen LogP contribution in [-0.2, 0) is 6.42 Å². The van der Waals surface area contributed by atoms with E-state index in [0.29, 0.717) is 18.0 Å². The molecule has 2 N–H and O–H groups in total. The van der Waals surface area contributed by atoms with Gasteiger partial charge in [-0.05, 0) is 42.8 Å². The van der Waals surface area contributed by atoms with Gasteiger partial charge in [-0.25, -0.2) is 0 Å². The summed E-state index contributed by atoms with van der Waals surface area (Å²) in [6, 6.07) is 13.4. The molecule has 0 saturated carbocycles. The van der Waals surface area contributed by atoms with Gasteiger partial charge in [-0.15, -0.1) is 0 Å². The second kappa shape index (κ2) is 5.88. The van der Waals surface area contributed by atoms with Crippen LogP contribution in [-0.4, -0.2) is 18.9 Å². The zero-order chi connectivity index (χ0) is 14.8. The van der Waals surface area contributed by atoms with E-state index in [9.17, 15) is 4.79 Å². The van der Waals surface area contributed by atoms with E-state index in [-0.39, 0.29) is 5.78 Å². The molecule has 0 atom stereocenters. The number of hydrogen-bond donors (Lipinski definition) is 1. The summed E-state index contributed by atoms with van der Waals surface area (Å²) in [6.45, 7) is 1.39. The molecule has 3 nitrogen and oxygen atoms in total. The minimum Gasteiger partial charge on any atom is -0.341 e. The third kappa shape index (κ3) is 2.67. The maximum absolute atomic E-state index is 12.5. The molecule has 2 aromatic rings. The summed E-state index contributed by atoms with van der Waals surface area (Å²) in [5.41, 5.74) is 9.39. The van der Waals surface area contributed by atoms with Crippen molar-refractivity contribution < 1.29 is 4.79 Å². The summed E-state index contributed by atoms with van der Waals surface area (Å²) in [6.07, 6.45) is 1.26. The van der Waals surface area contributed by atoms with Gasteiger partial charge in [-0.3, -0.25) is 4.79 Å². The number of nitrogens with two attached hydrogens (primary N) is 1. The predicted molar refractivity (Wildman–Crippen MR) is 86.6 cm³/mol. The Balaban J connectivity index is 2.18. The molecule has 21 heavy (non-hydrogen) atoms. The van der Waals surface area contributed by atoms with Crippen LogP contribution < -0.4 is 10.6 Å². The number of halogens is 1. The fraction of sp³-hybridized carbons (Fsp3) is 0.235. The molecule has 3 rings (SSSR count). The Morgan fingerprint density at radius 3 is 2.76 bits per heavy atom. The van der Waals surface area contributed by atoms with Crippen molar-refractivity contribution in [2.45, 2.75) is 12.8 Å². The monoisotopic (exact) mass is 300 g/mol. The van der Waals surface area contributed by atoms with Crippen molar-refractivity contribution in [1.29, 1.82) is 0 Å². The molecule has 2 aromatic carbocycles. The zero-order valence-electron chi connectivity index (χ0n) is 11.7. The number of rotatable bonds is 3. The van der Waals surface area contributed by atoms with E-state index in [1.54, 1.807) is 0 Å². The summed E-state index contributed by atoms with van der Waals surface area (Å²) < 4.78 is 0. The summed E-state index contributed by atoms with van der Waals surface area (Å²) in [5.74, 6) is 0.143. The number of Topliss-reactive ketones (excluding diaryl/α,β-unsaturated/α-hetero) is 1. The lowest BCUT2D eigenvalue weighted by Gasteiger charge is -2.26. The molecular formula is C17H17ClN2O. The van der Waals surface area contributed by atoms with Gasteiger partial charge < -0.3 is 10.6 Å². The molecule has 108 valence electrons. The highest BCUT2D eigenvalue weighted by Gasteiger charge is 2.24. The van der Waals surface area contributed by atoms with Crippen LogP contribution in [0.15, 0.2) is 42.5 Å². The maximum atomic E-state index is 12.5. The van der Waals surface area contributed by atoms with E-state index >= 15 is 0 Å². The maximum Gasteiger partial charge on any atom is 0.169 e. The number of carbonyl (C=O) groups excluding carboxylic acids is 1. The van der Waals surface area contributed by atoms with Crippen molar-refractivity contribution in [3.63, 3.8) is 0 Å². The minimum atomic E-state index is 0.143. The van der Waals surface area contributed by atoms with Gasteiger partial charge in [0.05, 0.1) is 5.69 Å². The van der Waals surface area contributed by atoms with Crippen LogP contribution in [0.4, 0.5) is 11.4 Å². The van der Waals surface area contributed by atoms with Gasteiger partial charge in [0, 0.05) is 29.2 Å². The molecule has 4 heteroatoms. The first-order chi connectivity index (χ1) is 10.2. The van der Waals surface area contributed by atoms with Crippen LogP contribution in [0, 0.1) is 0 Å². The first kappa shape index (κ1) is 14.1. The molecule has 0 radical (unpaired) electrons. The van der Waals surface area contributed by atoms with Gasteiger partial charge in [0.2, 0.25) is 0 Å². The van der Waals surface area contributed by atoms with Crippen LogP contribution in [0.25, 0.3) is 0 Å². The van der Waals surface area contributed by atoms with Crippen LogP contribution >= 0.6 is 11.6 Å². The van der Waals surface area contributed by atoms with Crippen LogP contribution in [0.2, 0.25) is 5.02 Å². The van der Waals surface area contributed by atoms with E-state index in [1.807, 2.05) is 42.5 Å². The molecule has 0 saturated heterocycles. The van der Waals surface area contributed by atoms with E-state index < -0.39 is 0 Å².